The Morgan fingerprint density at radius 3 is 2.44 bits per heavy atom. The van der Waals surface area contributed by atoms with Gasteiger partial charge in [-0.2, -0.15) is 0 Å². The summed E-state index contributed by atoms with van der Waals surface area (Å²) in [5.74, 6) is 1.56. The maximum atomic E-state index is 6.19. The van der Waals surface area contributed by atoms with Crippen LogP contribution in [0.15, 0.2) is 72.8 Å². The van der Waals surface area contributed by atoms with E-state index >= 15 is 0 Å². The molecule has 32 heavy (non-hydrogen) atoms. The van der Waals surface area contributed by atoms with Crippen LogP contribution in [0.3, 0.4) is 0 Å². The van der Waals surface area contributed by atoms with Crippen molar-refractivity contribution in [3.05, 3.63) is 94.5 Å². The smallest absolute Gasteiger partial charge is 0.161 e. The maximum absolute atomic E-state index is 6.19. The Kier molecular flexibility index (Phi) is 8.05. The van der Waals surface area contributed by atoms with Crippen LogP contribution in [0.5, 0.6) is 11.5 Å². The number of benzene rings is 3. The van der Waals surface area contributed by atoms with Crippen molar-refractivity contribution in [3.63, 3.8) is 0 Å². The van der Waals surface area contributed by atoms with Gasteiger partial charge < -0.3 is 14.8 Å². The van der Waals surface area contributed by atoms with Gasteiger partial charge in [0, 0.05) is 24.7 Å². The summed E-state index contributed by atoms with van der Waals surface area (Å²) in [5, 5.41) is 4.26. The quantitative estimate of drug-likeness (QED) is 0.477. The minimum atomic E-state index is 0.134. The lowest BCUT2D eigenvalue weighted by Gasteiger charge is -2.32. The molecule has 1 unspecified atom stereocenters. The van der Waals surface area contributed by atoms with Crippen LogP contribution in [-0.2, 0) is 6.61 Å². The predicted octanol–water partition coefficient (Wildman–Crippen LogP) is 5.70. The fraction of sp³-hybridized carbons (Fsp3) is 0.333. The highest BCUT2D eigenvalue weighted by atomic mass is 35.5. The first kappa shape index (κ1) is 22.7. The van der Waals surface area contributed by atoms with Crippen LogP contribution in [0.2, 0.25) is 5.02 Å². The minimum Gasteiger partial charge on any atom is -0.490 e. The normalized spacial score (nSPS) is 15.7. The lowest BCUT2D eigenvalue weighted by molar-refractivity contribution is 0.238. The highest BCUT2D eigenvalue weighted by Gasteiger charge is 2.24. The molecule has 3 aromatic rings. The summed E-state index contributed by atoms with van der Waals surface area (Å²) in [4.78, 5) is 2.54. The first-order valence-corrected chi connectivity index (χ1v) is 11.8. The average molecular weight is 451 g/mol. The fourth-order valence-electron chi connectivity index (χ4n) is 4.20. The molecule has 0 amide bonds. The zero-order valence-corrected chi connectivity index (χ0v) is 19.4. The molecular formula is C27H31ClN2O2. The standard InChI is InChI=1S/C27H31ClN2O2/c1-2-31-26-19-23(11-14-25(26)32-20-21-7-4-3-5-8-21)27(22-9-12-24(28)13-10-22)30-17-6-15-29-16-18-30/h3-5,7-14,19,27,29H,2,6,15-18,20H2,1H3. The molecule has 5 heteroatoms. The van der Waals surface area contributed by atoms with Crippen molar-refractivity contribution < 1.29 is 9.47 Å². The molecule has 0 spiro atoms. The molecule has 0 aromatic heterocycles. The highest BCUT2D eigenvalue weighted by Crippen LogP contribution is 2.36. The van der Waals surface area contributed by atoms with Gasteiger partial charge in [-0.15, -0.1) is 0 Å². The van der Waals surface area contributed by atoms with E-state index < -0.39 is 0 Å². The number of ether oxygens (including phenoxy) is 2. The Balaban J connectivity index is 1.65. The van der Waals surface area contributed by atoms with E-state index in [1.54, 1.807) is 0 Å². The van der Waals surface area contributed by atoms with Crippen LogP contribution in [0.4, 0.5) is 0 Å². The van der Waals surface area contributed by atoms with Crippen LogP contribution in [0.25, 0.3) is 0 Å². The summed E-state index contributed by atoms with van der Waals surface area (Å²) in [7, 11) is 0. The molecule has 4 nitrogen and oxygen atoms in total. The molecule has 1 saturated heterocycles. The molecule has 1 aliphatic rings. The third-order valence-corrected chi connectivity index (χ3v) is 6.00. The van der Waals surface area contributed by atoms with E-state index in [0.717, 1.165) is 54.7 Å². The van der Waals surface area contributed by atoms with Gasteiger partial charge in [-0.3, -0.25) is 4.90 Å². The van der Waals surface area contributed by atoms with Crippen molar-refractivity contribution in [1.29, 1.82) is 0 Å². The van der Waals surface area contributed by atoms with Gasteiger partial charge in [0.05, 0.1) is 12.6 Å². The molecule has 168 valence electrons. The molecule has 4 rings (SSSR count). The summed E-state index contributed by atoms with van der Waals surface area (Å²) in [6.45, 7) is 7.18. The van der Waals surface area contributed by atoms with Crippen molar-refractivity contribution >= 4 is 11.6 Å². The summed E-state index contributed by atoms with van der Waals surface area (Å²) in [5.41, 5.74) is 3.57. The van der Waals surface area contributed by atoms with Crippen LogP contribution in [0, 0.1) is 0 Å². The van der Waals surface area contributed by atoms with Crippen molar-refractivity contribution in [2.75, 3.05) is 32.8 Å². The van der Waals surface area contributed by atoms with Gasteiger partial charge in [0.15, 0.2) is 11.5 Å². The van der Waals surface area contributed by atoms with Crippen molar-refractivity contribution in [2.24, 2.45) is 0 Å². The second-order valence-corrected chi connectivity index (χ2v) is 8.44. The first-order chi connectivity index (χ1) is 15.7. The minimum absolute atomic E-state index is 0.134. The van der Waals surface area contributed by atoms with E-state index in [-0.39, 0.29) is 6.04 Å². The number of hydrogen-bond acceptors (Lipinski definition) is 4. The molecule has 1 fully saturated rings. The topological polar surface area (TPSA) is 33.7 Å². The van der Waals surface area contributed by atoms with E-state index in [2.05, 4.69) is 46.6 Å². The summed E-state index contributed by atoms with van der Waals surface area (Å²) < 4.78 is 12.1. The number of halogens is 1. The first-order valence-electron chi connectivity index (χ1n) is 11.4. The van der Waals surface area contributed by atoms with Crippen LogP contribution in [0.1, 0.15) is 36.1 Å². The molecule has 1 atom stereocenters. The van der Waals surface area contributed by atoms with E-state index in [1.165, 1.54) is 11.1 Å². The second kappa shape index (κ2) is 11.4. The summed E-state index contributed by atoms with van der Waals surface area (Å²) in [6, 6.07) is 24.9. The van der Waals surface area contributed by atoms with Gasteiger partial charge in [-0.1, -0.05) is 60.1 Å². The Morgan fingerprint density at radius 1 is 0.875 bits per heavy atom. The van der Waals surface area contributed by atoms with Gasteiger partial charge in [-0.25, -0.2) is 0 Å². The number of nitrogens with one attached hydrogen (secondary N) is 1. The van der Waals surface area contributed by atoms with E-state index in [1.807, 2.05) is 43.3 Å². The van der Waals surface area contributed by atoms with Gasteiger partial charge >= 0.3 is 0 Å². The van der Waals surface area contributed by atoms with E-state index in [4.69, 9.17) is 21.1 Å². The largest absolute Gasteiger partial charge is 0.490 e. The monoisotopic (exact) mass is 450 g/mol. The van der Waals surface area contributed by atoms with Crippen LogP contribution < -0.4 is 14.8 Å². The molecule has 0 radical (unpaired) electrons. The Morgan fingerprint density at radius 2 is 1.66 bits per heavy atom. The summed E-state index contributed by atoms with van der Waals surface area (Å²) >= 11 is 6.19. The Bertz CT molecular complexity index is 971. The molecular weight excluding hydrogens is 420 g/mol. The Hall–Kier alpha value is -2.53. The molecule has 1 aliphatic heterocycles. The molecule has 0 aliphatic carbocycles. The second-order valence-electron chi connectivity index (χ2n) is 8.01. The molecule has 1 heterocycles. The van der Waals surface area contributed by atoms with Crippen LogP contribution in [-0.4, -0.2) is 37.7 Å². The SMILES string of the molecule is CCOc1cc(C(c2ccc(Cl)cc2)N2CCCNCC2)ccc1OCc1ccccc1. The third kappa shape index (κ3) is 5.83. The average Bonchev–Trinajstić information content (AvgIpc) is 3.10. The van der Waals surface area contributed by atoms with Crippen LogP contribution >= 0.6 is 11.6 Å². The van der Waals surface area contributed by atoms with Crippen molar-refractivity contribution in [2.45, 2.75) is 26.0 Å². The number of hydrogen-bond donors (Lipinski definition) is 1. The fourth-order valence-corrected chi connectivity index (χ4v) is 4.33. The zero-order chi connectivity index (χ0) is 22.2. The number of nitrogens with zero attached hydrogens (tertiary/aromatic N) is 1. The molecule has 0 saturated carbocycles. The van der Waals surface area contributed by atoms with Gasteiger partial charge in [0.1, 0.15) is 6.61 Å². The van der Waals surface area contributed by atoms with Crippen molar-refractivity contribution in [3.8, 4) is 11.5 Å². The highest BCUT2D eigenvalue weighted by molar-refractivity contribution is 6.30. The lowest BCUT2D eigenvalue weighted by atomic mass is 9.96. The molecule has 1 N–H and O–H groups in total. The van der Waals surface area contributed by atoms with E-state index in [9.17, 15) is 0 Å². The van der Waals surface area contributed by atoms with E-state index in [0.29, 0.717) is 13.2 Å². The summed E-state index contributed by atoms with van der Waals surface area (Å²) in [6.07, 6.45) is 1.13. The zero-order valence-electron chi connectivity index (χ0n) is 18.6. The maximum Gasteiger partial charge on any atom is 0.161 e. The van der Waals surface area contributed by atoms with Crippen molar-refractivity contribution in [1.82, 2.24) is 10.2 Å². The lowest BCUT2D eigenvalue weighted by Crippen LogP contribution is -2.33. The Labute approximate surface area is 196 Å². The predicted molar refractivity (Wildman–Crippen MR) is 131 cm³/mol. The third-order valence-electron chi connectivity index (χ3n) is 5.75. The van der Waals surface area contributed by atoms with Gasteiger partial charge in [-0.05, 0) is 60.8 Å². The molecule has 3 aromatic carbocycles. The van der Waals surface area contributed by atoms with Gasteiger partial charge in [0.25, 0.3) is 0 Å². The van der Waals surface area contributed by atoms with Gasteiger partial charge in [0.2, 0.25) is 0 Å². The number of rotatable bonds is 8. The molecule has 0 bridgehead atoms.